The second kappa shape index (κ2) is 10.5. The van der Waals surface area contributed by atoms with Crippen molar-refractivity contribution in [3.63, 3.8) is 0 Å². The number of morpholine rings is 1. The Morgan fingerprint density at radius 2 is 1.80 bits per heavy atom. The van der Waals surface area contributed by atoms with Crippen molar-refractivity contribution >= 4 is 11.7 Å². The number of para-hydroxylation sites is 1. The molecule has 1 fully saturated rings. The van der Waals surface area contributed by atoms with Gasteiger partial charge in [-0.15, -0.1) is 0 Å². The molecular weight excluding hydrogens is 376 g/mol. The molecule has 6 heteroatoms. The van der Waals surface area contributed by atoms with E-state index < -0.39 is 0 Å². The van der Waals surface area contributed by atoms with Gasteiger partial charge >= 0.3 is 6.03 Å². The second-order valence-electron chi connectivity index (χ2n) is 8.04. The first-order chi connectivity index (χ1) is 14.8. The van der Waals surface area contributed by atoms with Gasteiger partial charge in [0.15, 0.2) is 0 Å². The normalized spacial score (nSPS) is 16.3. The van der Waals surface area contributed by atoms with Gasteiger partial charge in [0.2, 0.25) is 0 Å². The van der Waals surface area contributed by atoms with Gasteiger partial charge in [-0.25, -0.2) is 4.79 Å². The number of carbonyl (C=O) groups is 1. The summed E-state index contributed by atoms with van der Waals surface area (Å²) in [6, 6.07) is 17.0. The Labute approximate surface area is 179 Å². The van der Waals surface area contributed by atoms with Crippen molar-refractivity contribution in [2.75, 3.05) is 50.8 Å². The van der Waals surface area contributed by atoms with E-state index in [1.807, 2.05) is 0 Å². The van der Waals surface area contributed by atoms with Crippen LogP contribution < -0.4 is 15.5 Å². The molecule has 2 aliphatic rings. The van der Waals surface area contributed by atoms with E-state index in [0.717, 1.165) is 64.3 Å². The number of urea groups is 1. The van der Waals surface area contributed by atoms with Gasteiger partial charge in [-0.1, -0.05) is 42.5 Å². The fourth-order valence-corrected chi connectivity index (χ4v) is 4.21. The molecule has 2 amide bonds. The number of nitrogens with zero attached hydrogens (tertiary/aromatic N) is 2. The molecule has 2 aromatic rings. The standard InChI is InChI=1S/C24H32N4O2/c29-24(25-10-4-11-28-12-9-22-7-1-2-8-23(22)28)26-18-20-5-3-6-21(17-20)19-27-13-15-30-16-14-27/h1-3,5-8,17H,4,9-16,18-19H2,(H2,25,26,29). The molecule has 0 unspecified atom stereocenters. The summed E-state index contributed by atoms with van der Waals surface area (Å²) in [5.74, 6) is 0. The third-order valence-electron chi connectivity index (χ3n) is 5.83. The van der Waals surface area contributed by atoms with Crippen molar-refractivity contribution in [3.05, 3.63) is 65.2 Å². The van der Waals surface area contributed by atoms with Gasteiger partial charge < -0.3 is 20.3 Å². The van der Waals surface area contributed by atoms with Crippen molar-refractivity contribution < 1.29 is 9.53 Å². The van der Waals surface area contributed by atoms with Crippen LogP contribution in [0.15, 0.2) is 48.5 Å². The number of amides is 2. The zero-order chi connectivity index (χ0) is 20.6. The molecule has 6 nitrogen and oxygen atoms in total. The molecule has 0 atom stereocenters. The molecule has 2 heterocycles. The van der Waals surface area contributed by atoms with Crippen LogP contribution in [0.3, 0.4) is 0 Å². The van der Waals surface area contributed by atoms with E-state index in [1.54, 1.807) is 0 Å². The summed E-state index contributed by atoms with van der Waals surface area (Å²) < 4.78 is 5.41. The summed E-state index contributed by atoms with van der Waals surface area (Å²) >= 11 is 0. The summed E-state index contributed by atoms with van der Waals surface area (Å²) in [5.41, 5.74) is 5.19. The molecule has 0 spiro atoms. The third kappa shape index (κ3) is 5.74. The van der Waals surface area contributed by atoms with E-state index in [9.17, 15) is 4.79 Å². The minimum absolute atomic E-state index is 0.101. The second-order valence-corrected chi connectivity index (χ2v) is 8.04. The van der Waals surface area contributed by atoms with Crippen molar-refractivity contribution in [2.24, 2.45) is 0 Å². The lowest BCUT2D eigenvalue weighted by Gasteiger charge is -2.26. The molecule has 4 rings (SSSR count). The number of anilines is 1. The van der Waals surface area contributed by atoms with Crippen molar-refractivity contribution in [1.29, 1.82) is 0 Å². The van der Waals surface area contributed by atoms with Gasteiger partial charge in [0, 0.05) is 51.5 Å². The maximum Gasteiger partial charge on any atom is 0.315 e. The molecule has 2 aromatic carbocycles. The predicted molar refractivity (Wildman–Crippen MR) is 120 cm³/mol. The van der Waals surface area contributed by atoms with Gasteiger partial charge in [0.05, 0.1) is 13.2 Å². The van der Waals surface area contributed by atoms with E-state index in [2.05, 4.69) is 69.0 Å². The Balaban J connectivity index is 1.14. The van der Waals surface area contributed by atoms with E-state index >= 15 is 0 Å². The lowest BCUT2D eigenvalue weighted by molar-refractivity contribution is 0.0342. The van der Waals surface area contributed by atoms with Gasteiger partial charge in [-0.05, 0) is 35.6 Å². The van der Waals surface area contributed by atoms with Crippen LogP contribution in [-0.2, 0) is 24.2 Å². The van der Waals surface area contributed by atoms with Crippen molar-refractivity contribution in [1.82, 2.24) is 15.5 Å². The number of carbonyl (C=O) groups excluding carboxylic acids is 1. The molecule has 0 saturated carbocycles. The first kappa shape index (κ1) is 20.7. The van der Waals surface area contributed by atoms with E-state index in [1.165, 1.54) is 16.8 Å². The summed E-state index contributed by atoms with van der Waals surface area (Å²) in [6.07, 6.45) is 2.06. The summed E-state index contributed by atoms with van der Waals surface area (Å²) in [5, 5.41) is 5.96. The SMILES string of the molecule is O=C(NCCCN1CCc2ccccc21)NCc1cccc(CN2CCOCC2)c1. The zero-order valence-electron chi connectivity index (χ0n) is 17.6. The van der Waals surface area contributed by atoms with Crippen LogP contribution in [0.5, 0.6) is 0 Å². The Kier molecular flexibility index (Phi) is 7.21. The van der Waals surface area contributed by atoms with E-state index in [-0.39, 0.29) is 6.03 Å². The maximum atomic E-state index is 12.2. The summed E-state index contributed by atoms with van der Waals surface area (Å²) in [4.78, 5) is 17.0. The number of hydrogen-bond acceptors (Lipinski definition) is 4. The molecule has 0 radical (unpaired) electrons. The number of nitrogens with one attached hydrogen (secondary N) is 2. The average Bonchev–Trinajstić information content (AvgIpc) is 3.19. The molecule has 1 saturated heterocycles. The van der Waals surface area contributed by atoms with Gasteiger partial charge in [0.25, 0.3) is 0 Å². The van der Waals surface area contributed by atoms with Crippen LogP contribution in [0.4, 0.5) is 10.5 Å². The fraction of sp³-hybridized carbons (Fsp3) is 0.458. The Hall–Kier alpha value is -2.57. The molecule has 30 heavy (non-hydrogen) atoms. The Morgan fingerprint density at radius 1 is 0.967 bits per heavy atom. The van der Waals surface area contributed by atoms with Crippen LogP contribution in [-0.4, -0.2) is 56.9 Å². The van der Waals surface area contributed by atoms with Crippen LogP contribution in [0.1, 0.15) is 23.1 Å². The van der Waals surface area contributed by atoms with Gasteiger partial charge in [-0.3, -0.25) is 4.90 Å². The van der Waals surface area contributed by atoms with Crippen LogP contribution in [0.2, 0.25) is 0 Å². The van der Waals surface area contributed by atoms with E-state index in [0.29, 0.717) is 13.1 Å². The Bertz CT molecular complexity index is 835. The van der Waals surface area contributed by atoms with Gasteiger partial charge in [0.1, 0.15) is 0 Å². The highest BCUT2D eigenvalue weighted by molar-refractivity contribution is 5.73. The fourth-order valence-electron chi connectivity index (χ4n) is 4.21. The largest absolute Gasteiger partial charge is 0.379 e. The highest BCUT2D eigenvalue weighted by Gasteiger charge is 2.17. The predicted octanol–water partition coefficient (Wildman–Crippen LogP) is 2.77. The topological polar surface area (TPSA) is 56.8 Å². The highest BCUT2D eigenvalue weighted by atomic mass is 16.5. The highest BCUT2D eigenvalue weighted by Crippen LogP contribution is 2.27. The molecule has 160 valence electrons. The lowest BCUT2D eigenvalue weighted by Crippen LogP contribution is -2.37. The molecule has 0 bridgehead atoms. The van der Waals surface area contributed by atoms with Crippen LogP contribution in [0, 0.1) is 0 Å². The lowest BCUT2D eigenvalue weighted by atomic mass is 10.1. The minimum Gasteiger partial charge on any atom is -0.379 e. The summed E-state index contributed by atoms with van der Waals surface area (Å²) in [7, 11) is 0. The number of rotatable bonds is 8. The van der Waals surface area contributed by atoms with Crippen LogP contribution in [0.25, 0.3) is 0 Å². The minimum atomic E-state index is -0.101. The quantitative estimate of drug-likeness (QED) is 0.660. The average molecular weight is 409 g/mol. The molecule has 0 aliphatic carbocycles. The van der Waals surface area contributed by atoms with Crippen molar-refractivity contribution in [3.8, 4) is 0 Å². The molecular formula is C24H32N4O2. The zero-order valence-corrected chi connectivity index (χ0v) is 17.6. The number of ether oxygens (including phenoxy) is 1. The number of fused-ring (bicyclic) bond motifs is 1. The summed E-state index contributed by atoms with van der Waals surface area (Å²) in [6.45, 7) is 7.79. The first-order valence-corrected chi connectivity index (χ1v) is 11.0. The molecule has 2 aliphatic heterocycles. The Morgan fingerprint density at radius 3 is 2.70 bits per heavy atom. The smallest absolute Gasteiger partial charge is 0.315 e. The van der Waals surface area contributed by atoms with Crippen molar-refractivity contribution in [2.45, 2.75) is 25.9 Å². The third-order valence-corrected chi connectivity index (χ3v) is 5.83. The molecule has 0 aromatic heterocycles. The van der Waals surface area contributed by atoms with Gasteiger partial charge in [-0.2, -0.15) is 0 Å². The monoisotopic (exact) mass is 408 g/mol. The number of benzene rings is 2. The first-order valence-electron chi connectivity index (χ1n) is 11.0. The molecule has 2 N–H and O–H groups in total. The van der Waals surface area contributed by atoms with Crippen LogP contribution >= 0.6 is 0 Å². The van der Waals surface area contributed by atoms with E-state index in [4.69, 9.17) is 4.74 Å². The number of hydrogen-bond donors (Lipinski definition) is 2. The maximum absolute atomic E-state index is 12.2.